The van der Waals surface area contributed by atoms with Crippen LogP contribution in [0.3, 0.4) is 0 Å². The van der Waals surface area contributed by atoms with Crippen molar-refractivity contribution in [3.05, 3.63) is 71.8 Å². The van der Waals surface area contributed by atoms with Crippen LogP contribution < -0.4 is 0 Å². The van der Waals surface area contributed by atoms with Crippen molar-refractivity contribution in [1.82, 2.24) is 30.0 Å². The van der Waals surface area contributed by atoms with Crippen molar-refractivity contribution in [3.8, 4) is 22.5 Å². The van der Waals surface area contributed by atoms with Crippen molar-refractivity contribution in [3.63, 3.8) is 0 Å². The molecule has 2 saturated heterocycles. The minimum atomic E-state index is -2.65. The Morgan fingerprint density at radius 3 is 2.30 bits per heavy atom. The second-order valence-electron chi connectivity index (χ2n) is 11.2. The predicted octanol–water partition coefficient (Wildman–Crippen LogP) is 2.85. The Morgan fingerprint density at radius 2 is 1.63 bits per heavy atom. The summed E-state index contributed by atoms with van der Waals surface area (Å²) in [4.78, 5) is 0. The molecule has 2 aromatic heterocycles. The SMILES string of the molecule is CO[C@H]1C[SH]([C@@H]2COC[C@H](n3cc(-c4cccc(C(F)F)c4)nn3)[C@H]2O)[C@H](CO)[C@H](O)[C@@H]1n1cc(-c2cc(F)c(F)c(F)c2)nn1. The van der Waals surface area contributed by atoms with Crippen LogP contribution in [-0.2, 0) is 9.47 Å². The molecule has 248 valence electrons. The van der Waals surface area contributed by atoms with Crippen LogP contribution in [0.4, 0.5) is 22.0 Å². The van der Waals surface area contributed by atoms with E-state index in [1.54, 1.807) is 12.3 Å². The summed E-state index contributed by atoms with van der Waals surface area (Å²) in [6, 6.07) is 5.78. The Labute approximate surface area is 261 Å². The quantitative estimate of drug-likeness (QED) is 0.127. The van der Waals surface area contributed by atoms with Crippen molar-refractivity contribution in [2.24, 2.45) is 0 Å². The second-order valence-corrected chi connectivity index (χ2v) is 13.9. The Hall–Kier alpha value is -3.48. The summed E-state index contributed by atoms with van der Waals surface area (Å²) in [6.07, 6.45) is -2.69. The van der Waals surface area contributed by atoms with E-state index < -0.39 is 82.3 Å². The largest absolute Gasteiger partial charge is 0.395 e. The molecule has 6 rings (SSSR count). The first kappa shape index (κ1) is 32.5. The molecule has 3 N–H and O–H groups in total. The number of thiol groups is 1. The van der Waals surface area contributed by atoms with Gasteiger partial charge in [-0.25, -0.2) is 42.2 Å². The zero-order chi connectivity index (χ0) is 32.7. The van der Waals surface area contributed by atoms with Crippen molar-refractivity contribution in [2.45, 2.75) is 47.3 Å². The summed E-state index contributed by atoms with van der Waals surface area (Å²) in [5.74, 6) is -4.08. The Kier molecular flexibility index (Phi) is 9.40. The van der Waals surface area contributed by atoms with Crippen LogP contribution in [0.15, 0.2) is 48.8 Å². The third-order valence-electron chi connectivity index (χ3n) is 8.60. The number of halogens is 5. The van der Waals surface area contributed by atoms with Gasteiger partial charge in [-0.3, -0.25) is 0 Å². The number of hydrogen-bond donors (Lipinski definition) is 4. The molecule has 1 unspecified atom stereocenters. The summed E-state index contributed by atoms with van der Waals surface area (Å²) >= 11 is 0. The normalized spacial score (nSPS) is 29.3. The first-order chi connectivity index (χ1) is 22.1. The van der Waals surface area contributed by atoms with Crippen LogP contribution in [0, 0.1) is 17.5 Å². The van der Waals surface area contributed by atoms with Crippen LogP contribution in [0.25, 0.3) is 22.5 Å². The molecule has 2 aliphatic heterocycles. The maximum atomic E-state index is 13.9. The molecule has 2 aliphatic rings. The Balaban J connectivity index is 1.23. The van der Waals surface area contributed by atoms with Crippen LogP contribution in [0.1, 0.15) is 24.1 Å². The summed E-state index contributed by atoms with van der Waals surface area (Å²) in [7, 11) is 0.0843. The molecule has 4 aromatic rings. The standard InChI is InChI=1S/C29H31F5N6O5S/c1-44-22-13-46(23(10-41)28(43)26(22)40-9-20(36-38-40)16-6-17(30)25(32)18(31)7-16)24-12-45-11-21(27(24)42)39-8-19(35-37-39)14-3-2-4-15(5-14)29(33)34/h2-9,21-24,26-29,41-43,46H,10-13H2,1H3/t21-,22-,23+,24+,26+,27+,28-/m0/s1. The second kappa shape index (κ2) is 13.3. The average Bonchev–Trinajstić information content (AvgIpc) is 3.74. The van der Waals surface area contributed by atoms with Crippen LogP contribution in [-0.4, -0.2) is 107 Å². The molecule has 0 amide bonds. The maximum absolute atomic E-state index is 13.9. The molecule has 4 heterocycles. The highest BCUT2D eigenvalue weighted by molar-refractivity contribution is 8.18. The lowest BCUT2D eigenvalue weighted by molar-refractivity contribution is -0.0339. The fourth-order valence-electron chi connectivity index (χ4n) is 6.18. The minimum Gasteiger partial charge on any atom is -0.395 e. The van der Waals surface area contributed by atoms with Gasteiger partial charge in [-0.2, -0.15) is 0 Å². The van der Waals surface area contributed by atoms with E-state index in [2.05, 4.69) is 20.6 Å². The number of ether oxygens (including phenoxy) is 2. The summed E-state index contributed by atoms with van der Waals surface area (Å²) in [5.41, 5.74) is 0.583. The lowest BCUT2D eigenvalue weighted by atomic mass is 10.0. The van der Waals surface area contributed by atoms with Gasteiger partial charge in [-0.05, 0) is 18.2 Å². The highest BCUT2D eigenvalue weighted by Crippen LogP contribution is 2.51. The summed E-state index contributed by atoms with van der Waals surface area (Å²) in [5, 5.41) is 48.6. The van der Waals surface area contributed by atoms with Crippen LogP contribution in [0.2, 0.25) is 0 Å². The number of aromatic nitrogens is 6. The van der Waals surface area contributed by atoms with Gasteiger partial charge in [0.05, 0.1) is 50.5 Å². The van der Waals surface area contributed by atoms with Gasteiger partial charge >= 0.3 is 0 Å². The molecular weight excluding hydrogens is 639 g/mol. The van der Waals surface area contributed by atoms with Gasteiger partial charge in [0.1, 0.15) is 23.5 Å². The molecule has 46 heavy (non-hydrogen) atoms. The summed E-state index contributed by atoms with van der Waals surface area (Å²) < 4.78 is 82.0. The van der Waals surface area contributed by atoms with Crippen molar-refractivity contribution >= 4 is 10.9 Å². The van der Waals surface area contributed by atoms with Crippen LogP contribution in [0.5, 0.6) is 0 Å². The number of hydrogen-bond acceptors (Lipinski definition) is 9. The third kappa shape index (κ3) is 6.02. The highest BCUT2D eigenvalue weighted by Gasteiger charge is 2.49. The number of rotatable bonds is 8. The van der Waals surface area contributed by atoms with Gasteiger partial charge < -0.3 is 24.8 Å². The fourth-order valence-corrected chi connectivity index (χ4v) is 9.66. The Morgan fingerprint density at radius 1 is 0.957 bits per heavy atom. The number of benzene rings is 2. The molecule has 0 bridgehead atoms. The van der Waals surface area contributed by atoms with E-state index in [1.807, 2.05) is 0 Å². The fraction of sp³-hybridized carbons (Fsp3) is 0.448. The maximum Gasteiger partial charge on any atom is 0.263 e. The lowest BCUT2D eigenvalue weighted by Crippen LogP contribution is -2.55. The first-order valence-electron chi connectivity index (χ1n) is 14.3. The van der Waals surface area contributed by atoms with Gasteiger partial charge in [0.25, 0.3) is 6.43 Å². The van der Waals surface area contributed by atoms with Gasteiger partial charge in [0.15, 0.2) is 17.5 Å². The number of aliphatic hydroxyl groups is 3. The zero-order valence-corrected chi connectivity index (χ0v) is 25.1. The minimum absolute atomic E-state index is 0.0281. The van der Waals surface area contributed by atoms with Gasteiger partial charge in [0.2, 0.25) is 0 Å². The molecule has 11 nitrogen and oxygen atoms in total. The number of nitrogens with zero attached hydrogens (tertiary/aromatic N) is 6. The van der Waals surface area contributed by atoms with E-state index in [9.17, 15) is 37.3 Å². The first-order valence-corrected chi connectivity index (χ1v) is 16.0. The third-order valence-corrected chi connectivity index (χ3v) is 12.0. The number of aliphatic hydroxyl groups excluding tert-OH is 3. The molecule has 0 saturated carbocycles. The summed E-state index contributed by atoms with van der Waals surface area (Å²) in [6.45, 7) is -0.200. The number of alkyl halides is 2. The van der Waals surface area contributed by atoms with E-state index in [0.29, 0.717) is 17.0 Å². The molecule has 2 aromatic carbocycles. The van der Waals surface area contributed by atoms with Gasteiger partial charge in [-0.1, -0.05) is 28.6 Å². The molecule has 0 spiro atoms. The average molecular weight is 671 g/mol. The van der Waals surface area contributed by atoms with E-state index in [-0.39, 0.29) is 30.0 Å². The Bertz CT molecular complexity index is 1660. The molecule has 0 aliphatic carbocycles. The van der Waals surface area contributed by atoms with E-state index in [1.165, 1.54) is 40.9 Å². The number of methoxy groups -OCH3 is 1. The molecule has 0 radical (unpaired) electrons. The van der Waals surface area contributed by atoms with Crippen molar-refractivity contribution in [2.75, 3.05) is 32.7 Å². The highest BCUT2D eigenvalue weighted by atomic mass is 32.2. The van der Waals surface area contributed by atoms with E-state index in [0.717, 1.165) is 12.1 Å². The van der Waals surface area contributed by atoms with Crippen LogP contribution >= 0.6 is 10.9 Å². The zero-order valence-electron chi connectivity index (χ0n) is 24.2. The molecule has 8 atom stereocenters. The lowest BCUT2D eigenvalue weighted by Gasteiger charge is -2.51. The van der Waals surface area contributed by atoms with E-state index in [4.69, 9.17) is 9.47 Å². The smallest absolute Gasteiger partial charge is 0.263 e. The predicted molar refractivity (Wildman–Crippen MR) is 156 cm³/mol. The molecular formula is C29H31F5N6O5S. The van der Waals surface area contributed by atoms with E-state index >= 15 is 0 Å². The monoisotopic (exact) mass is 670 g/mol. The molecule has 17 heteroatoms. The molecule has 2 fully saturated rings. The van der Waals surface area contributed by atoms with Crippen molar-refractivity contribution < 1.29 is 46.7 Å². The van der Waals surface area contributed by atoms with Gasteiger partial charge in [0, 0.05) is 40.1 Å². The van der Waals surface area contributed by atoms with Gasteiger partial charge in [-0.15, -0.1) is 10.2 Å². The topological polar surface area (TPSA) is 141 Å². The van der Waals surface area contributed by atoms with Crippen molar-refractivity contribution in [1.29, 1.82) is 0 Å².